The zero-order chi connectivity index (χ0) is 30.0. The molecule has 1 aliphatic carbocycles. The molecule has 3 aromatic carbocycles. The Labute approximate surface area is 240 Å². The van der Waals surface area contributed by atoms with Crippen LogP contribution in [0.15, 0.2) is 54.6 Å². The number of piperazine rings is 1. The third kappa shape index (κ3) is 6.75. The van der Waals surface area contributed by atoms with Crippen LogP contribution in [0.3, 0.4) is 0 Å². The molecule has 1 amide bonds. The Morgan fingerprint density at radius 1 is 0.976 bits per heavy atom. The summed E-state index contributed by atoms with van der Waals surface area (Å²) in [6.45, 7) is 4.19. The molecule has 8 nitrogen and oxygen atoms in total. The maximum Gasteiger partial charge on any atom is 0.423 e. The number of carbonyl (C=O) groups excluding carboxylic acids is 1. The second kappa shape index (κ2) is 12.1. The molecule has 0 spiro atoms. The van der Waals surface area contributed by atoms with Crippen LogP contribution in [0, 0.1) is 15.9 Å². The minimum Gasteiger partial charge on any atom is -0.382 e. The molecule has 1 saturated heterocycles. The van der Waals surface area contributed by atoms with Crippen molar-refractivity contribution in [3.63, 3.8) is 0 Å². The Bertz CT molecular complexity index is 1450. The minimum atomic E-state index is -4.83. The van der Waals surface area contributed by atoms with Crippen LogP contribution in [0.2, 0.25) is 0 Å². The van der Waals surface area contributed by atoms with Gasteiger partial charge in [0.1, 0.15) is 17.5 Å². The van der Waals surface area contributed by atoms with Crippen molar-refractivity contribution < 1.29 is 32.0 Å². The summed E-state index contributed by atoms with van der Waals surface area (Å²) in [6, 6.07) is 13.4. The summed E-state index contributed by atoms with van der Waals surface area (Å²) in [5, 5.41) is 15.9. The number of carbonyl (C=O) groups is 1. The van der Waals surface area contributed by atoms with E-state index in [4.69, 9.17) is 4.74 Å². The maximum absolute atomic E-state index is 13.5. The molecule has 1 aliphatic heterocycles. The lowest BCUT2D eigenvalue weighted by atomic mass is 9.92. The van der Waals surface area contributed by atoms with E-state index in [-0.39, 0.29) is 29.6 Å². The highest BCUT2D eigenvalue weighted by Crippen LogP contribution is 2.38. The molecule has 1 atom stereocenters. The van der Waals surface area contributed by atoms with Gasteiger partial charge >= 0.3 is 6.18 Å². The van der Waals surface area contributed by atoms with Gasteiger partial charge in [-0.2, -0.15) is 13.2 Å². The number of halogens is 4. The number of hydrogen-bond acceptors (Lipinski definition) is 6. The number of nitrogens with one attached hydrogen (secondary N) is 1. The molecule has 2 aliphatic rings. The summed E-state index contributed by atoms with van der Waals surface area (Å²) < 4.78 is 59.5. The Morgan fingerprint density at radius 2 is 1.64 bits per heavy atom. The van der Waals surface area contributed by atoms with Gasteiger partial charge in [-0.3, -0.25) is 14.9 Å². The topological polar surface area (TPSA) is 87.9 Å². The van der Waals surface area contributed by atoms with E-state index >= 15 is 0 Å². The molecule has 0 bridgehead atoms. The van der Waals surface area contributed by atoms with Crippen LogP contribution in [0.4, 0.5) is 34.6 Å². The number of rotatable bonds is 7. The maximum atomic E-state index is 13.5. The number of fused-ring (bicyclic) bond motifs is 1. The van der Waals surface area contributed by atoms with E-state index in [1.165, 1.54) is 18.2 Å². The van der Waals surface area contributed by atoms with Crippen molar-refractivity contribution >= 4 is 33.7 Å². The zero-order valence-electron chi connectivity index (χ0n) is 23.1. The molecule has 0 radical (unpaired) electrons. The molecular weight excluding hydrogens is 556 g/mol. The minimum absolute atomic E-state index is 0.0746. The molecule has 0 aromatic heterocycles. The number of nitro groups is 1. The van der Waals surface area contributed by atoms with Crippen LogP contribution in [0.25, 0.3) is 10.8 Å². The number of amides is 1. The SMILES string of the molecule is CC(O[C@H]1CC[C@H](Nc2ccc([N+](=O)[O-])c(C(F)(F)F)c2)CC1)C(=O)N1CCN(c2ccc3cc(F)ccc3c2)CC1. The van der Waals surface area contributed by atoms with E-state index in [0.717, 1.165) is 28.6 Å². The number of anilines is 2. The van der Waals surface area contributed by atoms with Crippen molar-refractivity contribution in [1.29, 1.82) is 0 Å². The number of ether oxygens (including phenoxy) is 1. The molecule has 42 heavy (non-hydrogen) atoms. The van der Waals surface area contributed by atoms with Crippen molar-refractivity contribution in [2.24, 2.45) is 0 Å². The monoisotopic (exact) mass is 588 g/mol. The lowest BCUT2D eigenvalue weighted by Crippen LogP contribution is -2.52. The van der Waals surface area contributed by atoms with Gasteiger partial charge in [-0.05, 0) is 79.8 Å². The van der Waals surface area contributed by atoms with Crippen molar-refractivity contribution in [2.75, 3.05) is 36.4 Å². The Kier molecular flexibility index (Phi) is 8.53. The summed E-state index contributed by atoms with van der Waals surface area (Å²) in [5.41, 5.74) is -1.05. The number of nitro benzene ring substituents is 1. The van der Waals surface area contributed by atoms with Gasteiger partial charge in [0.2, 0.25) is 0 Å². The molecule has 1 N–H and O–H groups in total. The summed E-state index contributed by atoms with van der Waals surface area (Å²) >= 11 is 0. The Morgan fingerprint density at radius 3 is 2.31 bits per heavy atom. The molecule has 224 valence electrons. The van der Waals surface area contributed by atoms with Gasteiger partial charge in [0, 0.05) is 49.7 Å². The van der Waals surface area contributed by atoms with Crippen LogP contribution in [0.5, 0.6) is 0 Å². The quantitative estimate of drug-likeness (QED) is 0.196. The van der Waals surface area contributed by atoms with Crippen LogP contribution >= 0.6 is 0 Å². The average Bonchev–Trinajstić information content (AvgIpc) is 2.97. The first-order valence-electron chi connectivity index (χ1n) is 14.0. The molecular formula is C30H32F4N4O4. The fourth-order valence-corrected chi connectivity index (χ4v) is 5.78. The number of benzene rings is 3. The van der Waals surface area contributed by atoms with Crippen molar-refractivity contribution in [3.8, 4) is 0 Å². The number of hydrogen-bond donors (Lipinski definition) is 1. The van der Waals surface area contributed by atoms with E-state index in [0.29, 0.717) is 51.9 Å². The normalized spacial score (nSPS) is 20.4. The second-order valence-electron chi connectivity index (χ2n) is 10.9. The molecule has 12 heteroatoms. The Hall–Kier alpha value is -3.93. The Balaban J connectivity index is 1.08. The third-order valence-corrected chi connectivity index (χ3v) is 8.03. The summed E-state index contributed by atoms with van der Waals surface area (Å²) in [4.78, 5) is 27.1. The van der Waals surface area contributed by atoms with E-state index in [9.17, 15) is 32.5 Å². The van der Waals surface area contributed by atoms with Crippen molar-refractivity contribution in [2.45, 2.75) is 57.0 Å². The standard InChI is InChI=1S/C30H32F4N4O4/c1-19(29(39)37-14-12-36(13-15-37)25-8-3-20-16-22(31)4-2-21(20)17-25)42-26-9-5-23(6-10-26)35-24-7-11-28(38(40)41)27(18-24)30(32,33)34/h2-4,7-8,11,16-19,23,26,35H,5-6,9-10,12-15H2,1H3/t19?,23-,26-. The zero-order valence-corrected chi connectivity index (χ0v) is 23.1. The third-order valence-electron chi connectivity index (χ3n) is 8.03. The van der Waals surface area contributed by atoms with Gasteiger partial charge < -0.3 is 19.9 Å². The summed E-state index contributed by atoms with van der Waals surface area (Å²) in [5.74, 6) is -0.344. The highest BCUT2D eigenvalue weighted by Gasteiger charge is 2.38. The highest BCUT2D eigenvalue weighted by atomic mass is 19.4. The van der Waals surface area contributed by atoms with Crippen molar-refractivity contribution in [1.82, 2.24) is 4.90 Å². The number of alkyl halides is 3. The van der Waals surface area contributed by atoms with Gasteiger partial charge in [0.05, 0.1) is 11.0 Å². The highest BCUT2D eigenvalue weighted by molar-refractivity contribution is 5.86. The second-order valence-corrected chi connectivity index (χ2v) is 10.9. The summed E-state index contributed by atoms with van der Waals surface area (Å²) in [6.07, 6.45) is -3.08. The van der Waals surface area contributed by atoms with Gasteiger partial charge in [0.25, 0.3) is 11.6 Å². The van der Waals surface area contributed by atoms with Gasteiger partial charge in [0.15, 0.2) is 0 Å². The predicted molar refractivity (Wildman–Crippen MR) is 151 cm³/mol. The van der Waals surface area contributed by atoms with Crippen molar-refractivity contribution in [3.05, 3.63) is 76.1 Å². The molecule has 5 rings (SSSR count). The van der Waals surface area contributed by atoms with E-state index in [1.807, 2.05) is 18.2 Å². The van der Waals surface area contributed by atoms with E-state index < -0.39 is 28.5 Å². The molecule has 1 unspecified atom stereocenters. The first-order valence-corrected chi connectivity index (χ1v) is 14.0. The van der Waals surface area contributed by atoms with E-state index in [2.05, 4.69) is 10.2 Å². The first kappa shape index (κ1) is 29.6. The van der Waals surface area contributed by atoms with E-state index in [1.54, 1.807) is 17.9 Å². The smallest absolute Gasteiger partial charge is 0.382 e. The lowest BCUT2D eigenvalue weighted by Gasteiger charge is -2.38. The van der Waals surface area contributed by atoms with Crippen LogP contribution in [-0.2, 0) is 15.7 Å². The fourth-order valence-electron chi connectivity index (χ4n) is 5.78. The van der Waals surface area contributed by atoms with Gasteiger partial charge in [-0.25, -0.2) is 4.39 Å². The first-order chi connectivity index (χ1) is 20.0. The van der Waals surface area contributed by atoms with Crippen LogP contribution in [-0.4, -0.2) is 60.2 Å². The number of nitrogens with zero attached hydrogens (tertiary/aromatic N) is 3. The molecule has 3 aromatic rings. The summed E-state index contributed by atoms with van der Waals surface area (Å²) in [7, 11) is 0. The van der Waals surface area contributed by atoms with Crippen LogP contribution < -0.4 is 10.2 Å². The van der Waals surface area contributed by atoms with Gasteiger partial charge in [-0.15, -0.1) is 0 Å². The predicted octanol–water partition coefficient (Wildman–Crippen LogP) is 6.38. The van der Waals surface area contributed by atoms with Crippen LogP contribution in [0.1, 0.15) is 38.2 Å². The largest absolute Gasteiger partial charge is 0.423 e. The molecule has 1 saturated carbocycles. The van der Waals surface area contributed by atoms with Gasteiger partial charge in [-0.1, -0.05) is 12.1 Å². The molecule has 2 fully saturated rings. The average molecular weight is 589 g/mol. The lowest BCUT2D eigenvalue weighted by molar-refractivity contribution is -0.388. The molecule has 1 heterocycles. The fraction of sp³-hybridized carbons (Fsp3) is 0.433.